The Labute approximate surface area is 114 Å². The predicted molar refractivity (Wildman–Crippen MR) is 77.3 cm³/mol. The van der Waals surface area contributed by atoms with E-state index in [1.54, 1.807) is 0 Å². The molecule has 2 rings (SSSR count). The van der Waals surface area contributed by atoms with E-state index in [0.717, 1.165) is 38.0 Å². The zero-order valence-electron chi connectivity index (χ0n) is 11.5. The summed E-state index contributed by atoms with van der Waals surface area (Å²) in [5, 5.41) is 16.6. The van der Waals surface area contributed by atoms with Gasteiger partial charge in [0.1, 0.15) is 5.84 Å². The molecular weight excluding hydrogens is 238 g/mol. The largest absolute Gasteiger partial charge is 0.396 e. The molecule has 1 saturated heterocycles. The highest BCUT2D eigenvalue weighted by Crippen LogP contribution is 2.20. The predicted octanol–water partition coefficient (Wildman–Crippen LogP) is 1.48. The monoisotopic (exact) mass is 261 g/mol. The third kappa shape index (κ3) is 3.55. The molecule has 4 N–H and O–H groups in total. The molecule has 0 atom stereocenters. The number of piperidine rings is 1. The van der Waals surface area contributed by atoms with E-state index in [0.29, 0.717) is 12.5 Å². The van der Waals surface area contributed by atoms with Crippen molar-refractivity contribution < 1.29 is 5.11 Å². The molecule has 0 unspecified atom stereocenters. The van der Waals surface area contributed by atoms with Crippen molar-refractivity contribution in [2.75, 3.05) is 19.7 Å². The fourth-order valence-corrected chi connectivity index (χ4v) is 2.61. The number of nitrogens with two attached hydrogens (primary N) is 1. The van der Waals surface area contributed by atoms with Crippen molar-refractivity contribution in [3.8, 4) is 0 Å². The zero-order chi connectivity index (χ0) is 13.8. The number of nitrogens with zero attached hydrogens (tertiary/aromatic N) is 1. The van der Waals surface area contributed by atoms with Gasteiger partial charge in [-0.05, 0) is 56.0 Å². The van der Waals surface area contributed by atoms with Gasteiger partial charge in [0, 0.05) is 18.7 Å². The summed E-state index contributed by atoms with van der Waals surface area (Å²) in [7, 11) is 0. The second kappa shape index (κ2) is 6.17. The van der Waals surface area contributed by atoms with Gasteiger partial charge in [-0.3, -0.25) is 10.3 Å². The first-order valence-electron chi connectivity index (χ1n) is 6.87. The van der Waals surface area contributed by atoms with E-state index in [9.17, 15) is 0 Å². The fraction of sp³-hybridized carbons (Fsp3) is 0.533. The SMILES string of the molecule is Cc1cc(C(=N)N)ccc1CN1CCC(CO)CC1. The van der Waals surface area contributed by atoms with Gasteiger partial charge in [0.05, 0.1) is 0 Å². The summed E-state index contributed by atoms with van der Waals surface area (Å²) in [5.41, 5.74) is 8.78. The molecule has 0 amide bonds. The number of hydrogen-bond donors (Lipinski definition) is 3. The van der Waals surface area contributed by atoms with Crippen LogP contribution in [-0.4, -0.2) is 35.5 Å². The third-order valence-corrected chi connectivity index (χ3v) is 4.01. The smallest absolute Gasteiger partial charge is 0.122 e. The molecule has 0 saturated carbocycles. The number of aryl methyl sites for hydroxylation is 1. The Hall–Kier alpha value is -1.39. The Bertz CT molecular complexity index is 451. The molecule has 1 aromatic carbocycles. The number of amidine groups is 1. The first kappa shape index (κ1) is 14.0. The highest BCUT2D eigenvalue weighted by molar-refractivity contribution is 5.95. The van der Waals surface area contributed by atoms with Gasteiger partial charge < -0.3 is 10.8 Å². The van der Waals surface area contributed by atoms with Crippen LogP contribution in [-0.2, 0) is 6.54 Å². The van der Waals surface area contributed by atoms with Crippen molar-refractivity contribution in [3.63, 3.8) is 0 Å². The number of rotatable bonds is 4. The Morgan fingerprint density at radius 3 is 2.63 bits per heavy atom. The summed E-state index contributed by atoms with van der Waals surface area (Å²) in [5.74, 6) is 0.607. The van der Waals surface area contributed by atoms with Gasteiger partial charge in [-0.25, -0.2) is 0 Å². The number of aliphatic hydroxyl groups excluding tert-OH is 1. The first-order valence-corrected chi connectivity index (χ1v) is 6.87. The molecule has 0 bridgehead atoms. The van der Waals surface area contributed by atoms with Gasteiger partial charge in [-0.2, -0.15) is 0 Å². The second-order valence-corrected chi connectivity index (χ2v) is 5.46. The van der Waals surface area contributed by atoms with Crippen LogP contribution in [0.1, 0.15) is 29.5 Å². The van der Waals surface area contributed by atoms with Crippen LogP contribution in [0.15, 0.2) is 18.2 Å². The molecule has 1 aliphatic rings. The van der Waals surface area contributed by atoms with E-state index in [4.69, 9.17) is 16.2 Å². The lowest BCUT2D eigenvalue weighted by Crippen LogP contribution is -2.34. The van der Waals surface area contributed by atoms with Crippen molar-refractivity contribution in [2.24, 2.45) is 11.7 Å². The molecule has 1 heterocycles. The minimum Gasteiger partial charge on any atom is -0.396 e. The number of benzene rings is 1. The van der Waals surface area contributed by atoms with Crippen LogP contribution in [0.25, 0.3) is 0 Å². The summed E-state index contributed by atoms with van der Waals surface area (Å²) in [6, 6.07) is 5.98. The third-order valence-electron chi connectivity index (χ3n) is 4.01. The Kier molecular flexibility index (Phi) is 4.56. The van der Waals surface area contributed by atoms with Gasteiger partial charge in [-0.15, -0.1) is 0 Å². The lowest BCUT2D eigenvalue weighted by atomic mass is 9.97. The van der Waals surface area contributed by atoms with E-state index < -0.39 is 0 Å². The number of nitrogens with one attached hydrogen (secondary N) is 1. The van der Waals surface area contributed by atoms with Gasteiger partial charge in [0.25, 0.3) is 0 Å². The molecule has 0 aliphatic carbocycles. The molecule has 104 valence electrons. The standard InChI is InChI=1S/C15H23N3O/c1-11-8-13(15(16)17)2-3-14(11)9-18-6-4-12(10-19)5-7-18/h2-3,8,12,19H,4-7,9-10H2,1H3,(H3,16,17). The van der Waals surface area contributed by atoms with Crippen LogP contribution in [0, 0.1) is 18.3 Å². The van der Waals surface area contributed by atoms with E-state index in [-0.39, 0.29) is 5.84 Å². The molecule has 0 aromatic heterocycles. The maximum Gasteiger partial charge on any atom is 0.122 e. The minimum atomic E-state index is 0.124. The highest BCUT2D eigenvalue weighted by Gasteiger charge is 2.18. The average Bonchev–Trinajstić information content (AvgIpc) is 2.41. The lowest BCUT2D eigenvalue weighted by molar-refractivity contribution is 0.127. The molecule has 4 nitrogen and oxygen atoms in total. The van der Waals surface area contributed by atoms with Crippen molar-refractivity contribution >= 4 is 5.84 Å². The van der Waals surface area contributed by atoms with Crippen molar-refractivity contribution in [1.29, 1.82) is 5.41 Å². The Morgan fingerprint density at radius 2 is 2.11 bits per heavy atom. The summed E-state index contributed by atoms with van der Waals surface area (Å²) in [4.78, 5) is 2.43. The van der Waals surface area contributed by atoms with E-state index >= 15 is 0 Å². The van der Waals surface area contributed by atoms with Crippen LogP contribution in [0.2, 0.25) is 0 Å². The molecule has 19 heavy (non-hydrogen) atoms. The maximum atomic E-state index is 9.14. The number of likely N-dealkylation sites (tertiary alicyclic amines) is 1. The topological polar surface area (TPSA) is 73.3 Å². The molecule has 4 heteroatoms. The van der Waals surface area contributed by atoms with Crippen LogP contribution >= 0.6 is 0 Å². The van der Waals surface area contributed by atoms with Gasteiger partial charge in [-0.1, -0.05) is 12.1 Å². The van der Waals surface area contributed by atoms with Crippen molar-refractivity contribution in [3.05, 3.63) is 34.9 Å². The molecule has 1 fully saturated rings. The Balaban J connectivity index is 1.98. The van der Waals surface area contributed by atoms with E-state index in [1.165, 1.54) is 11.1 Å². The summed E-state index contributed by atoms with van der Waals surface area (Å²) in [6.45, 7) is 5.45. The van der Waals surface area contributed by atoms with Crippen LogP contribution in [0.5, 0.6) is 0 Å². The van der Waals surface area contributed by atoms with Crippen molar-refractivity contribution in [2.45, 2.75) is 26.3 Å². The molecule has 1 aliphatic heterocycles. The zero-order valence-corrected chi connectivity index (χ0v) is 11.5. The minimum absolute atomic E-state index is 0.124. The lowest BCUT2D eigenvalue weighted by Gasteiger charge is -2.31. The van der Waals surface area contributed by atoms with Crippen molar-refractivity contribution in [1.82, 2.24) is 4.90 Å². The second-order valence-electron chi connectivity index (χ2n) is 5.46. The summed E-state index contributed by atoms with van der Waals surface area (Å²) < 4.78 is 0. The molecule has 0 radical (unpaired) electrons. The highest BCUT2D eigenvalue weighted by atomic mass is 16.3. The van der Waals surface area contributed by atoms with Gasteiger partial charge >= 0.3 is 0 Å². The molecule has 0 spiro atoms. The first-order chi connectivity index (χ1) is 9.10. The van der Waals surface area contributed by atoms with E-state index in [1.807, 2.05) is 12.1 Å². The van der Waals surface area contributed by atoms with Crippen LogP contribution in [0.3, 0.4) is 0 Å². The number of nitrogen functional groups attached to an aromatic ring is 1. The normalized spacial score (nSPS) is 17.6. The van der Waals surface area contributed by atoms with E-state index in [2.05, 4.69) is 17.9 Å². The van der Waals surface area contributed by atoms with Gasteiger partial charge in [0.15, 0.2) is 0 Å². The van der Waals surface area contributed by atoms with Crippen LogP contribution in [0.4, 0.5) is 0 Å². The number of hydrogen-bond acceptors (Lipinski definition) is 3. The maximum absolute atomic E-state index is 9.14. The van der Waals surface area contributed by atoms with Crippen LogP contribution < -0.4 is 5.73 Å². The fourth-order valence-electron chi connectivity index (χ4n) is 2.61. The average molecular weight is 261 g/mol. The quantitative estimate of drug-likeness (QED) is 0.568. The molecule has 1 aromatic rings. The Morgan fingerprint density at radius 1 is 1.42 bits per heavy atom. The summed E-state index contributed by atoms with van der Waals surface area (Å²) >= 11 is 0. The van der Waals surface area contributed by atoms with Gasteiger partial charge in [0.2, 0.25) is 0 Å². The molecular formula is C15H23N3O. The number of aliphatic hydroxyl groups is 1. The summed E-state index contributed by atoms with van der Waals surface area (Å²) in [6.07, 6.45) is 2.17.